The van der Waals surface area contributed by atoms with Crippen molar-refractivity contribution in [3.8, 4) is 0 Å². The number of amides is 2. The number of anilines is 3. The van der Waals surface area contributed by atoms with Crippen molar-refractivity contribution in [3.05, 3.63) is 125 Å². The molecule has 0 aliphatic carbocycles. The van der Waals surface area contributed by atoms with E-state index in [0.717, 1.165) is 5.56 Å². The van der Waals surface area contributed by atoms with Crippen LogP contribution in [0.2, 0.25) is 0 Å². The van der Waals surface area contributed by atoms with Gasteiger partial charge in [0.25, 0.3) is 5.91 Å². The molecule has 0 atom stereocenters. The zero-order valence-electron chi connectivity index (χ0n) is 21.8. The summed E-state index contributed by atoms with van der Waals surface area (Å²) < 4.78 is 4.71. The van der Waals surface area contributed by atoms with Crippen LogP contribution in [-0.4, -0.2) is 36.0 Å². The van der Waals surface area contributed by atoms with Crippen LogP contribution in [0, 0.1) is 0 Å². The van der Waals surface area contributed by atoms with E-state index in [2.05, 4.69) is 5.32 Å². The van der Waals surface area contributed by atoms with E-state index < -0.39 is 17.8 Å². The van der Waals surface area contributed by atoms with Crippen molar-refractivity contribution in [1.82, 2.24) is 0 Å². The van der Waals surface area contributed by atoms with Crippen molar-refractivity contribution in [2.75, 3.05) is 17.3 Å². The molecule has 0 aliphatic rings. The van der Waals surface area contributed by atoms with E-state index in [1.807, 2.05) is 36.4 Å². The van der Waals surface area contributed by atoms with Crippen molar-refractivity contribution >= 4 is 53.0 Å². The number of hydrogen-bond acceptors (Lipinski definition) is 5. The first-order valence-electron chi connectivity index (χ1n) is 12.3. The lowest BCUT2D eigenvalue weighted by atomic mass is 10.0. The normalized spacial score (nSPS) is 10.7. The summed E-state index contributed by atoms with van der Waals surface area (Å²) in [6, 6.07) is 27.0. The van der Waals surface area contributed by atoms with Gasteiger partial charge in [-0.05, 0) is 71.8 Å². The summed E-state index contributed by atoms with van der Waals surface area (Å²) in [7, 11) is 1.29. The third kappa shape index (κ3) is 6.49. The molecule has 0 heterocycles. The molecule has 4 rings (SSSR count). The van der Waals surface area contributed by atoms with Crippen molar-refractivity contribution < 1.29 is 29.0 Å². The first kappa shape index (κ1) is 27.5. The maximum atomic E-state index is 12.9. The summed E-state index contributed by atoms with van der Waals surface area (Å²) >= 11 is 0. The highest BCUT2D eigenvalue weighted by Crippen LogP contribution is 2.27. The van der Waals surface area contributed by atoms with Crippen molar-refractivity contribution in [1.29, 1.82) is 0 Å². The highest BCUT2D eigenvalue weighted by atomic mass is 16.5. The first-order valence-corrected chi connectivity index (χ1v) is 12.3. The second kappa shape index (κ2) is 12.4. The second-order valence-corrected chi connectivity index (χ2v) is 8.75. The number of carbonyl (C=O) groups is 4. The van der Waals surface area contributed by atoms with E-state index in [4.69, 9.17) is 4.74 Å². The third-order valence-electron chi connectivity index (χ3n) is 6.05. The summed E-state index contributed by atoms with van der Waals surface area (Å²) in [6.07, 6.45) is 3.53. The predicted molar refractivity (Wildman–Crippen MR) is 154 cm³/mol. The lowest BCUT2D eigenvalue weighted by Gasteiger charge is -2.22. The Morgan fingerprint density at radius 3 is 1.93 bits per heavy atom. The standard InChI is InChI=1S/C32H26N2O6/c1-21(35)34(28-18-13-25(14-19-28)32(39)40-2)27-16-11-24(12-17-27)30(36)33-26-15-10-23(29(20-26)31(37)38)9-8-22-6-4-3-5-7-22/h3-20H,1-2H3,(H,33,36)(H,37,38). The smallest absolute Gasteiger partial charge is 0.337 e. The Hall–Kier alpha value is -5.50. The Labute approximate surface area is 231 Å². The van der Waals surface area contributed by atoms with Gasteiger partial charge in [-0.3, -0.25) is 14.5 Å². The number of benzene rings is 4. The number of carboxylic acid groups (broad SMARTS) is 1. The van der Waals surface area contributed by atoms with Crippen LogP contribution in [0.4, 0.5) is 17.1 Å². The van der Waals surface area contributed by atoms with Gasteiger partial charge in [-0.15, -0.1) is 0 Å². The van der Waals surface area contributed by atoms with Crippen LogP contribution in [0.15, 0.2) is 97.1 Å². The molecule has 0 aliphatic heterocycles. The number of methoxy groups -OCH3 is 1. The Morgan fingerprint density at radius 1 is 0.775 bits per heavy atom. The van der Waals surface area contributed by atoms with Gasteiger partial charge < -0.3 is 15.2 Å². The molecule has 0 radical (unpaired) electrons. The van der Waals surface area contributed by atoms with E-state index in [-0.39, 0.29) is 11.5 Å². The van der Waals surface area contributed by atoms with Crippen molar-refractivity contribution in [2.45, 2.75) is 6.92 Å². The number of nitrogens with zero attached hydrogens (tertiary/aromatic N) is 1. The molecule has 0 unspecified atom stereocenters. The molecule has 4 aromatic rings. The van der Waals surface area contributed by atoms with E-state index in [1.54, 1.807) is 66.7 Å². The van der Waals surface area contributed by atoms with Crippen LogP contribution in [0.5, 0.6) is 0 Å². The third-order valence-corrected chi connectivity index (χ3v) is 6.05. The largest absolute Gasteiger partial charge is 0.478 e. The van der Waals surface area contributed by atoms with E-state index in [0.29, 0.717) is 33.8 Å². The second-order valence-electron chi connectivity index (χ2n) is 8.75. The summed E-state index contributed by atoms with van der Waals surface area (Å²) in [4.78, 5) is 50.4. The van der Waals surface area contributed by atoms with Crippen LogP contribution < -0.4 is 10.2 Å². The fraction of sp³-hybridized carbons (Fsp3) is 0.0625. The molecule has 40 heavy (non-hydrogen) atoms. The molecule has 4 aromatic carbocycles. The topological polar surface area (TPSA) is 113 Å². The quantitative estimate of drug-likeness (QED) is 0.203. The molecule has 0 saturated carbocycles. The maximum absolute atomic E-state index is 12.9. The zero-order chi connectivity index (χ0) is 28.6. The number of carbonyl (C=O) groups excluding carboxylic acids is 3. The maximum Gasteiger partial charge on any atom is 0.337 e. The SMILES string of the molecule is COC(=O)c1ccc(N(C(C)=O)c2ccc(C(=O)Nc3ccc(C=Cc4ccccc4)c(C(=O)O)c3)cc2)cc1. The van der Waals surface area contributed by atoms with Gasteiger partial charge >= 0.3 is 11.9 Å². The molecule has 2 amide bonds. The molecule has 0 saturated heterocycles. The molecule has 8 heteroatoms. The Bertz CT molecular complexity index is 1580. The van der Waals surface area contributed by atoms with Gasteiger partial charge in [0.15, 0.2) is 0 Å². The van der Waals surface area contributed by atoms with Gasteiger partial charge in [0.05, 0.1) is 18.2 Å². The van der Waals surface area contributed by atoms with Gasteiger partial charge in [0.2, 0.25) is 5.91 Å². The lowest BCUT2D eigenvalue weighted by Crippen LogP contribution is -2.23. The Balaban J connectivity index is 1.51. The fourth-order valence-corrected chi connectivity index (χ4v) is 4.06. The van der Waals surface area contributed by atoms with E-state index in [1.165, 1.54) is 25.0 Å². The molecule has 0 fully saturated rings. The summed E-state index contributed by atoms with van der Waals surface area (Å²) in [5.41, 5.74) is 3.56. The summed E-state index contributed by atoms with van der Waals surface area (Å²) in [6.45, 7) is 1.41. The fourth-order valence-electron chi connectivity index (χ4n) is 4.06. The number of carboxylic acids is 1. The average molecular weight is 535 g/mol. The molecule has 0 bridgehead atoms. The van der Waals surface area contributed by atoms with Crippen LogP contribution in [0.3, 0.4) is 0 Å². The number of aromatic carboxylic acids is 1. The van der Waals surface area contributed by atoms with Gasteiger partial charge in [-0.1, -0.05) is 48.6 Å². The minimum absolute atomic E-state index is 0.0515. The Kier molecular flexibility index (Phi) is 8.51. The number of ether oxygens (including phenoxy) is 1. The lowest BCUT2D eigenvalue weighted by molar-refractivity contribution is -0.115. The van der Waals surface area contributed by atoms with Crippen LogP contribution >= 0.6 is 0 Å². The zero-order valence-corrected chi connectivity index (χ0v) is 21.8. The van der Waals surface area contributed by atoms with Crippen molar-refractivity contribution in [3.63, 3.8) is 0 Å². The highest BCUT2D eigenvalue weighted by Gasteiger charge is 2.17. The monoisotopic (exact) mass is 534 g/mol. The number of rotatable bonds is 8. The van der Waals surface area contributed by atoms with Crippen LogP contribution in [-0.2, 0) is 9.53 Å². The number of hydrogen-bond donors (Lipinski definition) is 2. The summed E-state index contributed by atoms with van der Waals surface area (Å²) in [5.74, 6) is -2.29. The first-order chi connectivity index (χ1) is 19.3. The van der Waals surface area contributed by atoms with Gasteiger partial charge in [0, 0.05) is 29.5 Å². The van der Waals surface area contributed by atoms with Gasteiger partial charge in [-0.25, -0.2) is 9.59 Å². The number of esters is 1. The summed E-state index contributed by atoms with van der Waals surface area (Å²) in [5, 5.41) is 12.4. The molecule has 200 valence electrons. The minimum Gasteiger partial charge on any atom is -0.478 e. The van der Waals surface area contributed by atoms with E-state index >= 15 is 0 Å². The average Bonchev–Trinajstić information content (AvgIpc) is 2.97. The molecule has 0 aromatic heterocycles. The molecular formula is C32H26N2O6. The van der Waals surface area contributed by atoms with Crippen molar-refractivity contribution in [2.24, 2.45) is 0 Å². The molecule has 0 spiro atoms. The molecular weight excluding hydrogens is 508 g/mol. The molecule has 8 nitrogen and oxygen atoms in total. The van der Waals surface area contributed by atoms with Crippen LogP contribution in [0.25, 0.3) is 12.2 Å². The highest BCUT2D eigenvalue weighted by molar-refractivity contribution is 6.06. The molecule has 2 N–H and O–H groups in total. The van der Waals surface area contributed by atoms with E-state index in [9.17, 15) is 24.3 Å². The van der Waals surface area contributed by atoms with Gasteiger partial charge in [-0.2, -0.15) is 0 Å². The van der Waals surface area contributed by atoms with Crippen LogP contribution in [0.1, 0.15) is 49.1 Å². The predicted octanol–water partition coefficient (Wildman–Crippen LogP) is 6.28. The number of nitrogens with one attached hydrogen (secondary N) is 1. The minimum atomic E-state index is -1.11. The van der Waals surface area contributed by atoms with Gasteiger partial charge in [0.1, 0.15) is 0 Å². The Morgan fingerprint density at radius 2 is 1.38 bits per heavy atom.